The first-order valence-corrected chi connectivity index (χ1v) is 4.31. The van der Waals surface area contributed by atoms with Crippen molar-refractivity contribution in [2.75, 3.05) is 6.54 Å². The number of halogens is 1. The maximum absolute atomic E-state index is 10.9. The lowest BCUT2D eigenvalue weighted by Crippen LogP contribution is -3.02. The molecule has 3 aliphatic rings. The van der Waals surface area contributed by atoms with Gasteiger partial charge >= 0.3 is 5.97 Å². The Bertz CT molecular complexity index is 174. The van der Waals surface area contributed by atoms with E-state index < -0.39 is 11.5 Å². The van der Waals surface area contributed by atoms with Crippen molar-refractivity contribution >= 4 is 5.97 Å². The summed E-state index contributed by atoms with van der Waals surface area (Å²) in [6.07, 6.45) is 4.02. The minimum absolute atomic E-state index is 0. The molecule has 0 spiro atoms. The molecule has 12 heavy (non-hydrogen) atoms. The number of carbonyl (C=O) groups is 1. The number of fused-ring (bicyclic) bond motifs is 3. The molecular formula is C8H14ClNO2. The Hall–Kier alpha value is -0.280. The molecule has 3 N–H and O–H groups in total. The maximum atomic E-state index is 10.9. The summed E-state index contributed by atoms with van der Waals surface area (Å²) < 4.78 is 0. The van der Waals surface area contributed by atoms with Gasteiger partial charge in [0.1, 0.15) is 0 Å². The second-order valence-corrected chi connectivity index (χ2v) is 3.84. The fraction of sp³-hybridized carbons (Fsp3) is 0.875. The van der Waals surface area contributed by atoms with Gasteiger partial charge in [-0.25, -0.2) is 4.79 Å². The maximum Gasteiger partial charge on any atom is 0.365 e. The predicted molar refractivity (Wildman–Crippen MR) is 39.1 cm³/mol. The molecule has 1 aliphatic carbocycles. The molecule has 0 aromatic carbocycles. The lowest BCUT2D eigenvalue weighted by Gasteiger charge is -2.40. The number of carboxylic acids is 1. The number of carboxylic acid groups (broad SMARTS) is 1. The van der Waals surface area contributed by atoms with E-state index >= 15 is 0 Å². The molecule has 3 nitrogen and oxygen atoms in total. The standard InChI is InChI=1S/C8H13NO2.ClH/c10-7(11)8-3-1-6(2-4-8)5-9-8;/h6,9H,1-5H2,(H,10,11);1H. The van der Waals surface area contributed by atoms with Crippen LogP contribution in [0.4, 0.5) is 0 Å². The average molecular weight is 192 g/mol. The van der Waals surface area contributed by atoms with E-state index in [4.69, 9.17) is 5.11 Å². The number of hydrogen-bond acceptors (Lipinski definition) is 1. The van der Waals surface area contributed by atoms with Crippen LogP contribution in [0.3, 0.4) is 0 Å². The van der Waals surface area contributed by atoms with Gasteiger partial charge in [-0.3, -0.25) is 0 Å². The first kappa shape index (κ1) is 9.81. The van der Waals surface area contributed by atoms with Crippen molar-refractivity contribution in [2.45, 2.75) is 31.2 Å². The van der Waals surface area contributed by atoms with E-state index in [0.29, 0.717) is 0 Å². The minimum atomic E-state index is -0.601. The van der Waals surface area contributed by atoms with Crippen LogP contribution < -0.4 is 17.7 Å². The van der Waals surface area contributed by atoms with Crippen LogP contribution in [-0.2, 0) is 4.79 Å². The molecule has 2 heterocycles. The summed E-state index contributed by atoms with van der Waals surface area (Å²) in [7, 11) is 0. The molecule has 0 aromatic rings. The van der Waals surface area contributed by atoms with Crippen molar-refractivity contribution in [1.29, 1.82) is 0 Å². The van der Waals surface area contributed by atoms with Crippen LogP contribution >= 0.6 is 0 Å². The summed E-state index contributed by atoms with van der Waals surface area (Å²) in [5, 5.41) is 11.0. The zero-order valence-corrected chi connectivity index (χ0v) is 7.68. The first-order chi connectivity index (χ1) is 5.23. The van der Waals surface area contributed by atoms with Crippen molar-refractivity contribution in [3.63, 3.8) is 0 Å². The van der Waals surface area contributed by atoms with Gasteiger partial charge in [0, 0.05) is 18.8 Å². The summed E-state index contributed by atoms with van der Waals surface area (Å²) in [6, 6.07) is 0. The second kappa shape index (κ2) is 3.23. The summed E-state index contributed by atoms with van der Waals surface area (Å²) in [4.78, 5) is 10.9. The highest BCUT2D eigenvalue weighted by molar-refractivity contribution is 5.77. The van der Waals surface area contributed by atoms with E-state index in [1.807, 2.05) is 5.32 Å². The zero-order valence-electron chi connectivity index (χ0n) is 6.92. The average Bonchev–Trinajstić information content (AvgIpc) is 2.08. The highest BCUT2D eigenvalue weighted by Gasteiger charge is 2.49. The molecule has 0 unspecified atom stereocenters. The Labute approximate surface area is 77.9 Å². The third-order valence-corrected chi connectivity index (χ3v) is 3.27. The van der Waals surface area contributed by atoms with Crippen molar-refractivity contribution in [2.24, 2.45) is 5.92 Å². The number of quaternary nitrogens is 1. The van der Waals surface area contributed by atoms with Crippen molar-refractivity contribution < 1.29 is 27.6 Å². The Kier molecular flexibility index (Phi) is 2.64. The minimum Gasteiger partial charge on any atom is -1.00 e. The van der Waals surface area contributed by atoms with Gasteiger partial charge in [0.2, 0.25) is 0 Å². The Morgan fingerprint density at radius 1 is 1.42 bits per heavy atom. The summed E-state index contributed by atoms with van der Waals surface area (Å²) in [5.74, 6) is 0.201. The first-order valence-electron chi connectivity index (χ1n) is 4.31. The molecule has 70 valence electrons. The monoisotopic (exact) mass is 191 g/mol. The second-order valence-electron chi connectivity index (χ2n) is 3.84. The lowest BCUT2D eigenvalue weighted by atomic mass is 9.72. The van der Waals surface area contributed by atoms with E-state index in [1.54, 1.807) is 0 Å². The van der Waals surface area contributed by atoms with E-state index in [9.17, 15) is 4.79 Å². The fourth-order valence-corrected chi connectivity index (χ4v) is 2.33. The molecule has 0 aromatic heterocycles. The number of hydrogen-bond donors (Lipinski definition) is 2. The van der Waals surface area contributed by atoms with Crippen molar-refractivity contribution in [3.8, 4) is 0 Å². The van der Waals surface area contributed by atoms with Gasteiger partial charge in [-0.1, -0.05) is 0 Å². The molecule has 0 radical (unpaired) electrons. The highest BCUT2D eigenvalue weighted by Crippen LogP contribution is 2.32. The molecular weight excluding hydrogens is 178 g/mol. The Morgan fingerprint density at radius 2 is 2.00 bits per heavy atom. The van der Waals surface area contributed by atoms with E-state index in [2.05, 4.69) is 0 Å². The fourth-order valence-electron chi connectivity index (χ4n) is 2.33. The van der Waals surface area contributed by atoms with Crippen LogP contribution in [0.25, 0.3) is 0 Å². The highest BCUT2D eigenvalue weighted by atomic mass is 35.5. The smallest absolute Gasteiger partial charge is 0.365 e. The van der Waals surface area contributed by atoms with Gasteiger partial charge in [0.05, 0.1) is 6.54 Å². The van der Waals surface area contributed by atoms with Gasteiger partial charge in [-0.2, -0.15) is 0 Å². The van der Waals surface area contributed by atoms with Crippen LogP contribution in [-0.4, -0.2) is 23.2 Å². The molecule has 0 amide bonds. The van der Waals surface area contributed by atoms with Gasteiger partial charge in [0.25, 0.3) is 0 Å². The number of aliphatic carboxylic acids is 1. The third kappa shape index (κ3) is 1.31. The molecule has 0 atom stereocenters. The van der Waals surface area contributed by atoms with Gasteiger partial charge in [-0.15, -0.1) is 0 Å². The zero-order chi connectivity index (χ0) is 7.90. The van der Waals surface area contributed by atoms with Gasteiger partial charge in [0.15, 0.2) is 5.54 Å². The summed E-state index contributed by atoms with van der Waals surface area (Å²) in [6.45, 7) is 1.03. The molecule has 2 bridgehead atoms. The summed E-state index contributed by atoms with van der Waals surface area (Å²) in [5.41, 5.74) is -0.422. The molecule has 4 heteroatoms. The molecule has 1 saturated carbocycles. The number of piperidine rings is 2. The van der Waals surface area contributed by atoms with Crippen molar-refractivity contribution in [1.82, 2.24) is 0 Å². The number of rotatable bonds is 1. The number of nitrogens with two attached hydrogens (primary N) is 1. The van der Waals surface area contributed by atoms with Crippen LogP contribution in [0.5, 0.6) is 0 Å². The van der Waals surface area contributed by atoms with Gasteiger partial charge < -0.3 is 22.8 Å². The predicted octanol–water partition coefficient (Wildman–Crippen LogP) is -3.42. The SMILES string of the molecule is O=C(O)C12CCC(CC1)C[NH2+]2.[Cl-]. The van der Waals surface area contributed by atoms with E-state index in [-0.39, 0.29) is 12.4 Å². The van der Waals surface area contributed by atoms with Crippen LogP contribution in [0.1, 0.15) is 25.7 Å². The van der Waals surface area contributed by atoms with Crippen molar-refractivity contribution in [3.05, 3.63) is 0 Å². The van der Waals surface area contributed by atoms with Crippen LogP contribution in [0.15, 0.2) is 0 Å². The Morgan fingerprint density at radius 3 is 2.25 bits per heavy atom. The largest absolute Gasteiger partial charge is 1.00 e. The van der Waals surface area contributed by atoms with Gasteiger partial charge in [-0.05, 0) is 12.8 Å². The quantitative estimate of drug-likeness (QED) is 0.454. The van der Waals surface area contributed by atoms with E-state index in [0.717, 1.165) is 38.1 Å². The van der Waals surface area contributed by atoms with Crippen LogP contribution in [0, 0.1) is 5.92 Å². The van der Waals surface area contributed by atoms with E-state index in [1.165, 1.54) is 0 Å². The normalized spacial score (nSPS) is 38.8. The lowest BCUT2D eigenvalue weighted by molar-refractivity contribution is -0.738. The third-order valence-electron chi connectivity index (χ3n) is 3.27. The molecule has 2 saturated heterocycles. The molecule has 3 rings (SSSR count). The Balaban J connectivity index is 0.000000720. The summed E-state index contributed by atoms with van der Waals surface area (Å²) >= 11 is 0. The van der Waals surface area contributed by atoms with Crippen LogP contribution in [0.2, 0.25) is 0 Å². The molecule has 3 fully saturated rings. The topological polar surface area (TPSA) is 53.9 Å². The molecule has 2 aliphatic heterocycles.